The fraction of sp³-hybridized carbons (Fsp3) is 0.562. The van der Waals surface area contributed by atoms with E-state index in [1.165, 1.54) is 26.0 Å². The smallest absolute Gasteiger partial charge is 0.255 e. The van der Waals surface area contributed by atoms with Gasteiger partial charge in [0.15, 0.2) is 0 Å². The average molecular weight is 279 g/mol. The van der Waals surface area contributed by atoms with Gasteiger partial charge in [0.1, 0.15) is 11.5 Å². The molecule has 0 spiro atoms. The third-order valence-corrected chi connectivity index (χ3v) is 3.54. The van der Waals surface area contributed by atoms with Crippen molar-refractivity contribution in [3.05, 3.63) is 23.8 Å². The van der Waals surface area contributed by atoms with Gasteiger partial charge in [-0.25, -0.2) is 0 Å². The standard InChI is InChI=1S/C16H25NO3/c1-4-6-7-12(5-2)11-17-16(19)14-9-8-13(20-3)10-15(14)18/h8-10,12,18H,4-7,11H2,1-3H3,(H,17,19). The summed E-state index contributed by atoms with van der Waals surface area (Å²) in [5.74, 6) is 0.747. The van der Waals surface area contributed by atoms with E-state index in [0.717, 1.165) is 12.8 Å². The Hall–Kier alpha value is -1.71. The second-order valence-corrected chi connectivity index (χ2v) is 5.01. The van der Waals surface area contributed by atoms with Crippen LogP contribution in [-0.4, -0.2) is 24.7 Å². The highest BCUT2D eigenvalue weighted by atomic mass is 16.5. The summed E-state index contributed by atoms with van der Waals surface area (Å²) in [6, 6.07) is 4.70. The van der Waals surface area contributed by atoms with Crippen molar-refractivity contribution in [1.82, 2.24) is 5.32 Å². The van der Waals surface area contributed by atoms with Crippen molar-refractivity contribution >= 4 is 5.91 Å². The van der Waals surface area contributed by atoms with Gasteiger partial charge in [-0.3, -0.25) is 4.79 Å². The number of ether oxygens (including phenoxy) is 1. The van der Waals surface area contributed by atoms with Gasteiger partial charge < -0.3 is 15.2 Å². The number of rotatable bonds is 8. The highest BCUT2D eigenvalue weighted by molar-refractivity contribution is 5.96. The Morgan fingerprint density at radius 1 is 1.40 bits per heavy atom. The zero-order valence-corrected chi connectivity index (χ0v) is 12.6. The van der Waals surface area contributed by atoms with Crippen LogP contribution in [0.4, 0.5) is 0 Å². The normalized spacial score (nSPS) is 11.9. The van der Waals surface area contributed by atoms with Gasteiger partial charge in [0.2, 0.25) is 0 Å². The minimum absolute atomic E-state index is 0.0524. The van der Waals surface area contributed by atoms with Crippen LogP contribution in [0.3, 0.4) is 0 Å². The molecule has 20 heavy (non-hydrogen) atoms. The molecule has 2 N–H and O–H groups in total. The molecule has 1 amide bonds. The zero-order chi connectivity index (χ0) is 15.0. The molecule has 0 saturated heterocycles. The monoisotopic (exact) mass is 279 g/mol. The van der Waals surface area contributed by atoms with Crippen molar-refractivity contribution in [1.29, 1.82) is 0 Å². The summed E-state index contributed by atoms with van der Waals surface area (Å²) in [6.07, 6.45) is 4.53. The number of nitrogens with one attached hydrogen (secondary N) is 1. The van der Waals surface area contributed by atoms with Crippen LogP contribution in [0.2, 0.25) is 0 Å². The Morgan fingerprint density at radius 2 is 2.15 bits per heavy atom. The van der Waals surface area contributed by atoms with Crippen LogP contribution >= 0.6 is 0 Å². The average Bonchev–Trinajstić information content (AvgIpc) is 2.47. The van der Waals surface area contributed by atoms with Gasteiger partial charge in [-0.05, 0) is 24.5 Å². The molecule has 1 atom stereocenters. The maximum atomic E-state index is 12.0. The van der Waals surface area contributed by atoms with E-state index in [0.29, 0.717) is 18.2 Å². The molecule has 0 fully saturated rings. The topological polar surface area (TPSA) is 58.6 Å². The maximum Gasteiger partial charge on any atom is 0.255 e. The molecule has 4 nitrogen and oxygen atoms in total. The Labute approximate surface area is 121 Å². The number of hydrogen-bond donors (Lipinski definition) is 2. The molecule has 0 aromatic heterocycles. The highest BCUT2D eigenvalue weighted by Gasteiger charge is 2.13. The first-order valence-electron chi connectivity index (χ1n) is 7.27. The Kier molecular flexibility index (Phi) is 6.91. The van der Waals surface area contributed by atoms with Gasteiger partial charge in [-0.2, -0.15) is 0 Å². The number of unbranched alkanes of at least 4 members (excludes halogenated alkanes) is 1. The van der Waals surface area contributed by atoms with Crippen molar-refractivity contribution in [3.63, 3.8) is 0 Å². The van der Waals surface area contributed by atoms with E-state index in [-0.39, 0.29) is 17.2 Å². The number of phenols is 1. The van der Waals surface area contributed by atoms with Crippen LogP contribution < -0.4 is 10.1 Å². The van der Waals surface area contributed by atoms with Gasteiger partial charge in [0.25, 0.3) is 5.91 Å². The molecule has 112 valence electrons. The number of amides is 1. The summed E-state index contributed by atoms with van der Waals surface area (Å²) in [7, 11) is 1.52. The van der Waals surface area contributed by atoms with Crippen LogP contribution in [-0.2, 0) is 0 Å². The molecule has 0 aliphatic rings. The zero-order valence-electron chi connectivity index (χ0n) is 12.6. The van der Waals surface area contributed by atoms with Crippen molar-refractivity contribution in [2.75, 3.05) is 13.7 Å². The molecular formula is C16H25NO3. The molecule has 0 heterocycles. The van der Waals surface area contributed by atoms with Gasteiger partial charge in [-0.1, -0.05) is 33.1 Å². The predicted molar refractivity (Wildman–Crippen MR) is 80.3 cm³/mol. The molecule has 1 rings (SSSR count). The predicted octanol–water partition coefficient (Wildman–Crippen LogP) is 3.35. The Bertz CT molecular complexity index is 432. The minimum atomic E-state index is -0.236. The van der Waals surface area contributed by atoms with E-state index in [1.807, 2.05) is 0 Å². The van der Waals surface area contributed by atoms with E-state index in [2.05, 4.69) is 19.2 Å². The summed E-state index contributed by atoms with van der Waals surface area (Å²) in [4.78, 5) is 12.0. The van der Waals surface area contributed by atoms with E-state index in [1.54, 1.807) is 12.1 Å². The van der Waals surface area contributed by atoms with Crippen LogP contribution in [0.1, 0.15) is 49.9 Å². The summed E-state index contributed by atoms with van der Waals surface area (Å²) in [5.41, 5.74) is 0.288. The number of carbonyl (C=O) groups is 1. The highest BCUT2D eigenvalue weighted by Crippen LogP contribution is 2.23. The Morgan fingerprint density at radius 3 is 2.70 bits per heavy atom. The lowest BCUT2D eigenvalue weighted by molar-refractivity contribution is 0.0943. The van der Waals surface area contributed by atoms with Crippen molar-refractivity contribution in [3.8, 4) is 11.5 Å². The van der Waals surface area contributed by atoms with Crippen molar-refractivity contribution < 1.29 is 14.6 Å². The molecule has 1 aromatic carbocycles. The molecule has 0 aliphatic heterocycles. The quantitative estimate of drug-likeness (QED) is 0.767. The first kappa shape index (κ1) is 16.3. The second kappa shape index (κ2) is 8.46. The van der Waals surface area contributed by atoms with Gasteiger partial charge in [0, 0.05) is 12.6 Å². The maximum absolute atomic E-state index is 12.0. The first-order valence-corrected chi connectivity index (χ1v) is 7.27. The fourth-order valence-electron chi connectivity index (χ4n) is 2.11. The summed E-state index contributed by atoms with van der Waals surface area (Å²) < 4.78 is 5.00. The molecule has 1 aromatic rings. The van der Waals surface area contributed by atoms with Gasteiger partial charge >= 0.3 is 0 Å². The van der Waals surface area contributed by atoms with E-state index < -0.39 is 0 Å². The molecular weight excluding hydrogens is 254 g/mol. The molecule has 0 aliphatic carbocycles. The Balaban J connectivity index is 2.57. The largest absolute Gasteiger partial charge is 0.507 e. The van der Waals surface area contributed by atoms with Crippen LogP contribution in [0.5, 0.6) is 11.5 Å². The number of hydrogen-bond acceptors (Lipinski definition) is 3. The summed E-state index contributed by atoms with van der Waals surface area (Å²) in [5, 5.41) is 12.7. The van der Waals surface area contributed by atoms with Crippen LogP contribution in [0.25, 0.3) is 0 Å². The number of carbonyl (C=O) groups excluding carboxylic acids is 1. The lowest BCUT2D eigenvalue weighted by Gasteiger charge is -2.15. The lowest BCUT2D eigenvalue weighted by Crippen LogP contribution is -2.29. The fourth-order valence-corrected chi connectivity index (χ4v) is 2.11. The molecule has 0 bridgehead atoms. The third kappa shape index (κ3) is 4.76. The minimum Gasteiger partial charge on any atom is -0.507 e. The molecule has 0 radical (unpaired) electrons. The number of phenolic OH excluding ortho intramolecular Hbond substituents is 1. The number of aromatic hydroxyl groups is 1. The third-order valence-electron chi connectivity index (χ3n) is 3.54. The van der Waals surface area contributed by atoms with Crippen LogP contribution in [0.15, 0.2) is 18.2 Å². The molecule has 1 unspecified atom stereocenters. The van der Waals surface area contributed by atoms with E-state index >= 15 is 0 Å². The van der Waals surface area contributed by atoms with Crippen LogP contribution in [0, 0.1) is 5.92 Å². The van der Waals surface area contributed by atoms with Gasteiger partial charge in [-0.15, -0.1) is 0 Å². The number of benzene rings is 1. The van der Waals surface area contributed by atoms with E-state index in [9.17, 15) is 9.90 Å². The second-order valence-electron chi connectivity index (χ2n) is 5.01. The first-order chi connectivity index (χ1) is 9.62. The van der Waals surface area contributed by atoms with Crippen molar-refractivity contribution in [2.24, 2.45) is 5.92 Å². The van der Waals surface area contributed by atoms with Gasteiger partial charge in [0.05, 0.1) is 12.7 Å². The number of methoxy groups -OCH3 is 1. The van der Waals surface area contributed by atoms with Crippen molar-refractivity contribution in [2.45, 2.75) is 39.5 Å². The van der Waals surface area contributed by atoms with E-state index in [4.69, 9.17) is 4.74 Å². The lowest BCUT2D eigenvalue weighted by atomic mass is 9.99. The summed E-state index contributed by atoms with van der Waals surface area (Å²) in [6.45, 7) is 4.96. The molecule has 4 heteroatoms. The SMILES string of the molecule is CCCCC(CC)CNC(=O)c1ccc(OC)cc1O. The molecule has 0 saturated carbocycles. The summed E-state index contributed by atoms with van der Waals surface area (Å²) >= 11 is 0.